The Balaban J connectivity index is 1.77. The minimum Gasteiger partial charge on any atom is -0.507 e. The van der Waals surface area contributed by atoms with Gasteiger partial charge in [0, 0.05) is 21.2 Å². The predicted molar refractivity (Wildman–Crippen MR) is 101 cm³/mol. The van der Waals surface area contributed by atoms with Gasteiger partial charge in [-0.15, -0.1) is 5.10 Å². The molecule has 4 heteroatoms. The van der Waals surface area contributed by atoms with Gasteiger partial charge < -0.3 is 5.11 Å². The lowest BCUT2D eigenvalue weighted by molar-refractivity contribution is 0.474. The fourth-order valence-electron chi connectivity index (χ4n) is 2.88. The zero-order valence-electron chi connectivity index (χ0n) is 12.6. The van der Waals surface area contributed by atoms with Crippen LogP contribution in [0.15, 0.2) is 81.4 Å². The van der Waals surface area contributed by atoms with E-state index in [4.69, 9.17) is 0 Å². The number of nitrogens with zero attached hydrogens (tertiary/aromatic N) is 2. The zero-order valence-corrected chi connectivity index (χ0v) is 14.2. The summed E-state index contributed by atoms with van der Waals surface area (Å²) in [5.74, 6) is 0.175. The zero-order chi connectivity index (χ0) is 16.5. The molecule has 0 spiro atoms. The van der Waals surface area contributed by atoms with Gasteiger partial charge in [-0.05, 0) is 29.3 Å². The van der Waals surface area contributed by atoms with Gasteiger partial charge in [-0.1, -0.05) is 64.5 Å². The second kappa shape index (κ2) is 6.06. The highest BCUT2D eigenvalue weighted by atomic mass is 79.9. The SMILES string of the molecule is Oc1ccc(Br)cc1C=NN=C1c2ccccc2-c2ccccc21. The van der Waals surface area contributed by atoms with Crippen LogP contribution in [-0.4, -0.2) is 17.0 Å². The summed E-state index contributed by atoms with van der Waals surface area (Å²) in [4.78, 5) is 0. The summed E-state index contributed by atoms with van der Waals surface area (Å²) in [6.07, 6.45) is 1.57. The molecule has 0 unspecified atom stereocenters. The van der Waals surface area contributed by atoms with E-state index in [-0.39, 0.29) is 5.75 Å². The molecule has 0 atom stereocenters. The van der Waals surface area contributed by atoms with Crippen LogP contribution >= 0.6 is 15.9 Å². The molecule has 0 fully saturated rings. The van der Waals surface area contributed by atoms with Crippen LogP contribution in [0.1, 0.15) is 16.7 Å². The molecule has 0 radical (unpaired) electrons. The van der Waals surface area contributed by atoms with Crippen LogP contribution < -0.4 is 0 Å². The van der Waals surface area contributed by atoms with Gasteiger partial charge in [0.2, 0.25) is 0 Å². The van der Waals surface area contributed by atoms with Gasteiger partial charge in [0.1, 0.15) is 11.5 Å². The number of aromatic hydroxyl groups is 1. The lowest BCUT2D eigenvalue weighted by Gasteiger charge is -1.99. The van der Waals surface area contributed by atoms with Crippen LogP contribution in [0.25, 0.3) is 11.1 Å². The summed E-state index contributed by atoms with van der Waals surface area (Å²) in [5, 5.41) is 18.5. The Kier molecular flexibility index (Phi) is 3.75. The average Bonchev–Trinajstić information content (AvgIpc) is 2.93. The van der Waals surface area contributed by atoms with Gasteiger partial charge >= 0.3 is 0 Å². The molecule has 3 nitrogen and oxygen atoms in total. The predicted octanol–water partition coefficient (Wildman–Crippen LogP) is 5.01. The number of rotatable bonds is 2. The first-order valence-electron chi connectivity index (χ1n) is 7.53. The summed E-state index contributed by atoms with van der Waals surface area (Å²) in [7, 11) is 0. The number of fused-ring (bicyclic) bond motifs is 3. The molecule has 0 saturated carbocycles. The molecule has 0 saturated heterocycles. The number of hydrogen-bond acceptors (Lipinski definition) is 3. The number of halogens is 1. The van der Waals surface area contributed by atoms with E-state index in [0.29, 0.717) is 5.56 Å². The van der Waals surface area contributed by atoms with Crippen molar-refractivity contribution in [1.29, 1.82) is 0 Å². The molecule has 0 heterocycles. The molecule has 1 aliphatic carbocycles. The number of phenols is 1. The van der Waals surface area contributed by atoms with E-state index in [0.717, 1.165) is 21.3 Å². The quantitative estimate of drug-likeness (QED) is 0.388. The molecular weight excluding hydrogens is 364 g/mol. The monoisotopic (exact) mass is 376 g/mol. The van der Waals surface area contributed by atoms with Gasteiger partial charge in [-0.2, -0.15) is 5.10 Å². The largest absolute Gasteiger partial charge is 0.507 e. The van der Waals surface area contributed by atoms with Crippen LogP contribution in [0.3, 0.4) is 0 Å². The molecular formula is C20H13BrN2O. The maximum atomic E-state index is 9.88. The Bertz CT molecular complexity index is 945. The van der Waals surface area contributed by atoms with E-state index in [1.54, 1.807) is 24.4 Å². The first kappa shape index (κ1) is 14.8. The van der Waals surface area contributed by atoms with Crippen LogP contribution in [0.2, 0.25) is 0 Å². The van der Waals surface area contributed by atoms with Crippen LogP contribution in [0, 0.1) is 0 Å². The fraction of sp³-hybridized carbons (Fsp3) is 0. The van der Waals surface area contributed by atoms with Crippen molar-refractivity contribution >= 4 is 27.9 Å². The molecule has 1 N–H and O–H groups in total. The molecule has 116 valence electrons. The van der Waals surface area contributed by atoms with Gasteiger partial charge in [0.15, 0.2) is 0 Å². The third kappa shape index (κ3) is 2.55. The maximum absolute atomic E-state index is 9.88. The van der Waals surface area contributed by atoms with Gasteiger partial charge in [0.05, 0.1) is 6.21 Å². The second-order valence-corrected chi connectivity index (χ2v) is 6.40. The van der Waals surface area contributed by atoms with E-state index in [1.807, 2.05) is 24.3 Å². The Labute approximate surface area is 148 Å². The van der Waals surface area contributed by atoms with Crippen LogP contribution in [0.4, 0.5) is 0 Å². The first-order chi connectivity index (χ1) is 11.7. The molecule has 0 aliphatic heterocycles. The Morgan fingerprint density at radius 1 is 0.792 bits per heavy atom. The molecule has 24 heavy (non-hydrogen) atoms. The minimum absolute atomic E-state index is 0.175. The lowest BCUT2D eigenvalue weighted by atomic mass is 10.1. The van der Waals surface area contributed by atoms with Crippen molar-refractivity contribution in [3.8, 4) is 16.9 Å². The highest BCUT2D eigenvalue weighted by Crippen LogP contribution is 2.36. The number of benzene rings is 3. The summed E-state index contributed by atoms with van der Waals surface area (Å²) >= 11 is 3.39. The fourth-order valence-corrected chi connectivity index (χ4v) is 3.26. The molecule has 3 aromatic rings. The standard InChI is InChI=1S/C20H13BrN2O/c21-14-9-10-19(24)13(11-14)12-22-23-20-17-7-3-1-5-15(17)16-6-2-4-8-18(16)20/h1-12,24H. The lowest BCUT2D eigenvalue weighted by Crippen LogP contribution is -1.97. The van der Waals surface area contributed by atoms with E-state index in [1.165, 1.54) is 11.1 Å². The smallest absolute Gasteiger partial charge is 0.124 e. The van der Waals surface area contributed by atoms with Crippen molar-refractivity contribution in [2.45, 2.75) is 0 Å². The third-order valence-corrected chi connectivity index (χ3v) is 4.49. The van der Waals surface area contributed by atoms with Gasteiger partial charge in [-0.3, -0.25) is 0 Å². The van der Waals surface area contributed by atoms with E-state index in [9.17, 15) is 5.11 Å². The highest BCUT2D eigenvalue weighted by molar-refractivity contribution is 9.10. The average molecular weight is 377 g/mol. The van der Waals surface area contributed by atoms with Crippen molar-refractivity contribution in [2.75, 3.05) is 0 Å². The van der Waals surface area contributed by atoms with E-state index >= 15 is 0 Å². The molecule has 0 aromatic heterocycles. The first-order valence-corrected chi connectivity index (χ1v) is 8.32. The summed E-state index contributed by atoms with van der Waals surface area (Å²) in [5.41, 5.74) is 5.98. The number of phenolic OH excluding ortho intramolecular Hbond substituents is 1. The highest BCUT2D eigenvalue weighted by Gasteiger charge is 2.23. The summed E-state index contributed by atoms with van der Waals surface area (Å²) in [6, 6.07) is 21.6. The molecule has 3 aromatic carbocycles. The maximum Gasteiger partial charge on any atom is 0.124 e. The molecule has 0 bridgehead atoms. The van der Waals surface area contributed by atoms with Crippen molar-refractivity contribution < 1.29 is 5.11 Å². The van der Waals surface area contributed by atoms with Crippen LogP contribution in [0.5, 0.6) is 5.75 Å². The van der Waals surface area contributed by atoms with Gasteiger partial charge in [0.25, 0.3) is 0 Å². The summed E-state index contributed by atoms with van der Waals surface area (Å²) in [6.45, 7) is 0. The van der Waals surface area contributed by atoms with Crippen molar-refractivity contribution in [3.05, 3.63) is 87.9 Å². The normalized spacial score (nSPS) is 12.3. The third-order valence-electron chi connectivity index (χ3n) is 4.00. The number of hydrogen-bond donors (Lipinski definition) is 1. The Morgan fingerprint density at radius 2 is 1.38 bits per heavy atom. The van der Waals surface area contributed by atoms with E-state index in [2.05, 4.69) is 50.4 Å². The topological polar surface area (TPSA) is 45.0 Å². The Morgan fingerprint density at radius 3 is 2.00 bits per heavy atom. The Hall–Kier alpha value is -2.72. The second-order valence-electron chi connectivity index (χ2n) is 5.49. The van der Waals surface area contributed by atoms with E-state index < -0.39 is 0 Å². The van der Waals surface area contributed by atoms with Gasteiger partial charge in [-0.25, -0.2) is 0 Å². The minimum atomic E-state index is 0.175. The van der Waals surface area contributed by atoms with Crippen molar-refractivity contribution in [1.82, 2.24) is 0 Å². The van der Waals surface area contributed by atoms with Crippen molar-refractivity contribution in [3.63, 3.8) is 0 Å². The molecule has 0 amide bonds. The summed E-state index contributed by atoms with van der Waals surface area (Å²) < 4.78 is 0.881. The molecule has 1 aliphatic rings. The van der Waals surface area contributed by atoms with Crippen molar-refractivity contribution in [2.24, 2.45) is 10.2 Å². The molecule has 4 rings (SSSR count). The van der Waals surface area contributed by atoms with Crippen LogP contribution in [-0.2, 0) is 0 Å².